The van der Waals surface area contributed by atoms with Crippen LogP contribution < -0.4 is 9.80 Å². The van der Waals surface area contributed by atoms with E-state index in [1.54, 1.807) is 0 Å². The predicted molar refractivity (Wildman–Crippen MR) is 117 cm³/mol. The maximum absolute atomic E-state index is 4.27. The first kappa shape index (κ1) is 18.4. The molecule has 0 aliphatic carbocycles. The predicted octanol–water partition coefficient (Wildman–Crippen LogP) is 3.86. The highest BCUT2D eigenvalue weighted by molar-refractivity contribution is 9.10. The van der Waals surface area contributed by atoms with Gasteiger partial charge < -0.3 is 9.80 Å². The van der Waals surface area contributed by atoms with Crippen molar-refractivity contribution in [3.63, 3.8) is 0 Å². The lowest BCUT2D eigenvalue weighted by molar-refractivity contribution is 0.204. The number of halogens is 1. The minimum atomic E-state index is 0.644. The maximum Gasteiger partial charge on any atom is 0.196 e. The van der Waals surface area contributed by atoms with Crippen molar-refractivity contribution >= 4 is 27.3 Å². The molecule has 3 aliphatic heterocycles. The van der Waals surface area contributed by atoms with E-state index in [-0.39, 0.29) is 0 Å². The van der Waals surface area contributed by atoms with Crippen molar-refractivity contribution in [3.8, 4) is 0 Å². The second-order valence-corrected chi connectivity index (χ2v) is 9.16. The molecule has 4 heterocycles. The fourth-order valence-electron chi connectivity index (χ4n) is 5.17. The molecule has 2 aromatic rings. The van der Waals surface area contributed by atoms with Crippen LogP contribution in [-0.4, -0.2) is 53.1 Å². The van der Waals surface area contributed by atoms with Crippen LogP contribution in [0.3, 0.4) is 0 Å². The van der Waals surface area contributed by atoms with Gasteiger partial charge in [-0.05, 0) is 78.3 Å². The molecule has 2 saturated heterocycles. The van der Waals surface area contributed by atoms with Crippen LogP contribution in [0.25, 0.3) is 0 Å². The lowest BCUT2D eigenvalue weighted by Gasteiger charge is -2.32. The van der Waals surface area contributed by atoms with Crippen molar-refractivity contribution in [2.75, 3.05) is 36.0 Å². The van der Waals surface area contributed by atoms with Crippen LogP contribution in [0.2, 0.25) is 0 Å². The van der Waals surface area contributed by atoms with Crippen molar-refractivity contribution < 1.29 is 0 Å². The highest BCUT2D eigenvalue weighted by Crippen LogP contribution is 2.31. The molecular weight excluding hydrogens is 414 g/mol. The third-order valence-electron chi connectivity index (χ3n) is 6.78. The van der Waals surface area contributed by atoms with E-state index in [9.17, 15) is 0 Å². The zero-order valence-corrected chi connectivity index (χ0v) is 18.1. The molecule has 3 aliphatic rings. The SMILES string of the molecule is C[C@H]1CCCN1[C@H]1CCN(c2ccc3c(c2)CCN(c2cnc(Br)nc2)C3)C1. The Morgan fingerprint density at radius 3 is 2.61 bits per heavy atom. The van der Waals surface area contributed by atoms with Crippen molar-refractivity contribution in [1.82, 2.24) is 14.9 Å². The largest absolute Gasteiger partial charge is 0.370 e. The fourth-order valence-corrected chi connectivity index (χ4v) is 5.37. The Hall–Kier alpha value is -1.66. The van der Waals surface area contributed by atoms with E-state index in [0.29, 0.717) is 4.73 Å². The number of fused-ring (bicyclic) bond motifs is 1. The van der Waals surface area contributed by atoms with Gasteiger partial charge in [0.05, 0.1) is 18.1 Å². The zero-order valence-electron chi connectivity index (χ0n) is 16.5. The third-order valence-corrected chi connectivity index (χ3v) is 7.19. The van der Waals surface area contributed by atoms with Crippen LogP contribution >= 0.6 is 15.9 Å². The molecule has 0 saturated carbocycles. The first-order valence-electron chi connectivity index (χ1n) is 10.5. The Balaban J connectivity index is 1.28. The van der Waals surface area contributed by atoms with Crippen LogP contribution in [0.5, 0.6) is 0 Å². The summed E-state index contributed by atoms with van der Waals surface area (Å²) in [7, 11) is 0. The average Bonchev–Trinajstić information content (AvgIpc) is 3.36. The number of anilines is 2. The summed E-state index contributed by atoms with van der Waals surface area (Å²) in [6, 6.07) is 8.61. The second-order valence-electron chi connectivity index (χ2n) is 8.45. The summed E-state index contributed by atoms with van der Waals surface area (Å²) in [6.07, 6.45) is 8.93. The molecule has 148 valence electrons. The molecule has 1 aromatic carbocycles. The number of likely N-dealkylation sites (tertiary alicyclic amines) is 1. The minimum Gasteiger partial charge on any atom is -0.370 e. The second kappa shape index (κ2) is 7.64. The molecule has 0 radical (unpaired) electrons. The van der Waals surface area contributed by atoms with E-state index in [0.717, 1.165) is 37.3 Å². The van der Waals surface area contributed by atoms with Gasteiger partial charge in [0.1, 0.15) is 0 Å². The molecule has 5 nitrogen and oxygen atoms in total. The van der Waals surface area contributed by atoms with Gasteiger partial charge in [-0.1, -0.05) is 6.07 Å². The number of aromatic nitrogens is 2. The van der Waals surface area contributed by atoms with Gasteiger partial charge >= 0.3 is 0 Å². The van der Waals surface area contributed by atoms with Crippen molar-refractivity contribution in [3.05, 3.63) is 46.5 Å². The van der Waals surface area contributed by atoms with E-state index in [2.05, 4.69) is 65.7 Å². The fraction of sp³-hybridized carbons (Fsp3) is 0.545. The number of nitrogens with zero attached hydrogens (tertiary/aromatic N) is 5. The molecule has 0 amide bonds. The zero-order chi connectivity index (χ0) is 19.1. The van der Waals surface area contributed by atoms with Crippen molar-refractivity contribution in [2.45, 2.75) is 51.2 Å². The Morgan fingerprint density at radius 2 is 1.82 bits per heavy atom. The van der Waals surface area contributed by atoms with Gasteiger partial charge in [0.15, 0.2) is 4.73 Å². The number of rotatable bonds is 3. The minimum absolute atomic E-state index is 0.644. The van der Waals surface area contributed by atoms with Gasteiger partial charge in [0.25, 0.3) is 0 Å². The topological polar surface area (TPSA) is 35.5 Å². The Kier molecular flexibility index (Phi) is 5.01. The van der Waals surface area contributed by atoms with Gasteiger partial charge in [-0.15, -0.1) is 0 Å². The average molecular weight is 442 g/mol. The number of benzene rings is 1. The lowest BCUT2D eigenvalue weighted by atomic mass is 9.98. The molecule has 0 bridgehead atoms. The highest BCUT2D eigenvalue weighted by Gasteiger charge is 2.33. The molecular formula is C22H28BrN5. The van der Waals surface area contributed by atoms with Crippen LogP contribution in [-0.2, 0) is 13.0 Å². The highest BCUT2D eigenvalue weighted by atomic mass is 79.9. The normalized spacial score (nSPS) is 25.4. The quantitative estimate of drug-likeness (QED) is 0.675. The molecule has 0 unspecified atom stereocenters. The van der Waals surface area contributed by atoms with E-state index in [4.69, 9.17) is 0 Å². The molecule has 0 N–H and O–H groups in total. The van der Waals surface area contributed by atoms with Crippen LogP contribution in [0, 0.1) is 0 Å². The number of hydrogen-bond acceptors (Lipinski definition) is 5. The summed E-state index contributed by atoms with van der Waals surface area (Å²) in [5.41, 5.74) is 5.44. The standard InChI is InChI=1S/C22H28BrN5/c1-16-3-2-8-28(16)20-7-10-27(15-20)19-5-4-18-14-26(9-6-17(18)11-19)21-12-24-22(23)25-13-21/h4-5,11-13,16,20H,2-3,6-10,14-15H2,1H3/t16-,20-/m0/s1. The molecule has 5 rings (SSSR count). The summed E-state index contributed by atoms with van der Waals surface area (Å²) in [5, 5.41) is 0. The first-order chi connectivity index (χ1) is 13.7. The van der Waals surface area contributed by atoms with Gasteiger partial charge in [-0.25, -0.2) is 9.97 Å². The van der Waals surface area contributed by atoms with E-state index < -0.39 is 0 Å². The van der Waals surface area contributed by atoms with Crippen molar-refractivity contribution in [1.29, 1.82) is 0 Å². The van der Waals surface area contributed by atoms with Crippen LogP contribution in [0.4, 0.5) is 11.4 Å². The summed E-state index contributed by atoms with van der Waals surface area (Å²) < 4.78 is 0.644. The third kappa shape index (κ3) is 3.52. The lowest BCUT2D eigenvalue weighted by Crippen LogP contribution is -2.39. The Bertz CT molecular complexity index is 839. The van der Waals surface area contributed by atoms with Crippen molar-refractivity contribution in [2.24, 2.45) is 0 Å². The Labute approximate surface area is 175 Å². The van der Waals surface area contributed by atoms with E-state index >= 15 is 0 Å². The van der Waals surface area contributed by atoms with Crippen LogP contribution in [0.15, 0.2) is 35.3 Å². The summed E-state index contributed by atoms with van der Waals surface area (Å²) in [5.74, 6) is 0. The van der Waals surface area contributed by atoms with E-state index in [1.165, 1.54) is 55.7 Å². The van der Waals surface area contributed by atoms with Gasteiger partial charge in [-0.3, -0.25) is 4.90 Å². The Morgan fingerprint density at radius 1 is 0.964 bits per heavy atom. The van der Waals surface area contributed by atoms with Gasteiger partial charge in [0, 0.05) is 44.0 Å². The molecule has 28 heavy (non-hydrogen) atoms. The molecule has 0 spiro atoms. The summed E-state index contributed by atoms with van der Waals surface area (Å²) >= 11 is 3.32. The smallest absolute Gasteiger partial charge is 0.196 e. The molecule has 2 atom stereocenters. The monoisotopic (exact) mass is 441 g/mol. The molecule has 2 fully saturated rings. The van der Waals surface area contributed by atoms with E-state index in [1.807, 2.05) is 12.4 Å². The van der Waals surface area contributed by atoms with Gasteiger partial charge in [0.2, 0.25) is 0 Å². The first-order valence-corrected chi connectivity index (χ1v) is 11.3. The maximum atomic E-state index is 4.27. The summed E-state index contributed by atoms with van der Waals surface area (Å²) in [4.78, 5) is 16.3. The van der Waals surface area contributed by atoms with Gasteiger partial charge in [-0.2, -0.15) is 0 Å². The van der Waals surface area contributed by atoms with Crippen LogP contribution in [0.1, 0.15) is 37.3 Å². The number of hydrogen-bond donors (Lipinski definition) is 0. The summed E-state index contributed by atoms with van der Waals surface area (Å²) in [6.45, 7) is 8.03. The molecule has 6 heteroatoms. The molecule has 1 aromatic heterocycles.